The SMILES string of the molecule is Cc1ccsc1/C=N\NC(=O)c1cc(C(C)C)cc(C(C)C)c1O. The summed E-state index contributed by atoms with van der Waals surface area (Å²) in [7, 11) is 0. The third-order valence-electron chi connectivity index (χ3n) is 3.94. The number of hydrogen-bond donors (Lipinski definition) is 2. The van der Waals surface area contributed by atoms with Gasteiger partial charge in [0.2, 0.25) is 0 Å². The molecule has 0 radical (unpaired) electrons. The van der Waals surface area contributed by atoms with E-state index < -0.39 is 5.91 Å². The molecular weight excluding hydrogens is 320 g/mol. The fraction of sp³-hybridized carbons (Fsp3) is 0.368. The number of amides is 1. The Balaban J connectivity index is 2.28. The molecule has 0 saturated carbocycles. The largest absolute Gasteiger partial charge is 0.507 e. The van der Waals surface area contributed by atoms with E-state index in [-0.39, 0.29) is 23.1 Å². The maximum Gasteiger partial charge on any atom is 0.275 e. The number of carbonyl (C=O) groups excluding carboxylic acids is 1. The van der Waals surface area contributed by atoms with E-state index in [2.05, 4.69) is 24.4 Å². The number of benzene rings is 1. The van der Waals surface area contributed by atoms with Crippen molar-refractivity contribution in [1.29, 1.82) is 0 Å². The van der Waals surface area contributed by atoms with Gasteiger partial charge < -0.3 is 5.11 Å². The molecule has 0 unspecified atom stereocenters. The van der Waals surface area contributed by atoms with Gasteiger partial charge in [0.15, 0.2) is 0 Å². The summed E-state index contributed by atoms with van der Waals surface area (Å²) in [6.07, 6.45) is 1.63. The third-order valence-corrected chi connectivity index (χ3v) is 4.90. The molecule has 0 atom stereocenters. The number of thiophene rings is 1. The second kappa shape index (κ2) is 7.62. The maximum atomic E-state index is 12.4. The number of hydrazone groups is 1. The zero-order valence-corrected chi connectivity index (χ0v) is 15.6. The van der Waals surface area contributed by atoms with Gasteiger partial charge in [0.25, 0.3) is 5.91 Å². The predicted molar refractivity (Wildman–Crippen MR) is 100 cm³/mol. The van der Waals surface area contributed by atoms with Crippen LogP contribution in [-0.2, 0) is 0 Å². The van der Waals surface area contributed by atoms with Crippen molar-refractivity contribution in [1.82, 2.24) is 5.43 Å². The van der Waals surface area contributed by atoms with Gasteiger partial charge in [0.05, 0.1) is 11.8 Å². The Morgan fingerprint density at radius 3 is 2.50 bits per heavy atom. The number of hydrogen-bond acceptors (Lipinski definition) is 4. The molecule has 2 N–H and O–H groups in total. The highest BCUT2D eigenvalue weighted by atomic mass is 32.1. The number of nitrogens with zero attached hydrogens (tertiary/aromatic N) is 1. The minimum Gasteiger partial charge on any atom is -0.507 e. The smallest absolute Gasteiger partial charge is 0.275 e. The van der Waals surface area contributed by atoms with Crippen LogP contribution < -0.4 is 5.43 Å². The van der Waals surface area contributed by atoms with Crippen LogP contribution in [0.2, 0.25) is 0 Å². The predicted octanol–water partition coefficient (Wildman–Crippen LogP) is 4.77. The van der Waals surface area contributed by atoms with Crippen LogP contribution in [-0.4, -0.2) is 17.2 Å². The lowest BCUT2D eigenvalue weighted by atomic mass is 9.92. The molecule has 2 aromatic rings. The summed E-state index contributed by atoms with van der Waals surface area (Å²) in [6, 6.07) is 5.72. The Bertz CT molecular complexity index is 761. The highest BCUT2D eigenvalue weighted by Crippen LogP contribution is 2.33. The number of phenols is 1. The average Bonchev–Trinajstić information content (AvgIpc) is 2.92. The summed E-state index contributed by atoms with van der Waals surface area (Å²) < 4.78 is 0. The molecule has 0 saturated heterocycles. The van der Waals surface area contributed by atoms with Gasteiger partial charge in [-0.2, -0.15) is 5.10 Å². The normalized spacial score (nSPS) is 11.6. The lowest BCUT2D eigenvalue weighted by molar-refractivity contribution is 0.0952. The van der Waals surface area contributed by atoms with E-state index in [0.29, 0.717) is 0 Å². The molecular formula is C19H24N2O2S. The highest BCUT2D eigenvalue weighted by Gasteiger charge is 2.19. The van der Waals surface area contributed by atoms with Crippen molar-refractivity contribution in [3.8, 4) is 5.75 Å². The Hall–Kier alpha value is -2.14. The van der Waals surface area contributed by atoms with Crippen molar-refractivity contribution in [3.63, 3.8) is 0 Å². The second-order valence-corrected chi connectivity index (χ2v) is 7.43. The maximum absolute atomic E-state index is 12.4. The van der Waals surface area contributed by atoms with Gasteiger partial charge in [-0.3, -0.25) is 4.79 Å². The van der Waals surface area contributed by atoms with Crippen LogP contribution in [0.15, 0.2) is 28.7 Å². The lowest BCUT2D eigenvalue weighted by Crippen LogP contribution is -2.18. The molecule has 0 aliphatic rings. The van der Waals surface area contributed by atoms with Crippen molar-refractivity contribution in [3.05, 3.63) is 50.7 Å². The summed E-state index contributed by atoms with van der Waals surface area (Å²) >= 11 is 1.56. The molecule has 1 aromatic heterocycles. The molecule has 0 bridgehead atoms. The summed E-state index contributed by atoms with van der Waals surface area (Å²) in [5.74, 6) is 0.0382. The van der Waals surface area contributed by atoms with Crippen molar-refractivity contribution < 1.29 is 9.90 Å². The summed E-state index contributed by atoms with van der Waals surface area (Å²) in [5.41, 5.74) is 5.71. The van der Waals surface area contributed by atoms with Crippen LogP contribution in [0, 0.1) is 6.92 Å². The van der Waals surface area contributed by atoms with Crippen molar-refractivity contribution in [2.24, 2.45) is 5.10 Å². The van der Waals surface area contributed by atoms with Gasteiger partial charge in [-0.1, -0.05) is 33.8 Å². The Kier molecular flexibility index (Phi) is 5.78. The first-order chi connectivity index (χ1) is 11.3. The molecule has 0 aliphatic heterocycles. The van der Waals surface area contributed by atoms with Gasteiger partial charge >= 0.3 is 0 Å². The van der Waals surface area contributed by atoms with Crippen LogP contribution in [0.3, 0.4) is 0 Å². The molecule has 24 heavy (non-hydrogen) atoms. The minimum atomic E-state index is -0.401. The molecule has 1 aromatic carbocycles. The zero-order chi connectivity index (χ0) is 17.9. The Labute approximate surface area is 147 Å². The highest BCUT2D eigenvalue weighted by molar-refractivity contribution is 7.11. The fourth-order valence-electron chi connectivity index (χ4n) is 2.35. The van der Waals surface area contributed by atoms with E-state index in [1.807, 2.05) is 38.3 Å². The number of rotatable bonds is 5. The third kappa shape index (κ3) is 4.03. The van der Waals surface area contributed by atoms with Gasteiger partial charge in [-0.15, -0.1) is 11.3 Å². The number of aryl methyl sites for hydroxylation is 1. The molecule has 0 fully saturated rings. The standard InChI is InChI=1S/C19H24N2O2S/c1-11(2)14-8-15(12(3)4)18(22)16(9-14)19(23)21-20-10-17-13(5)6-7-24-17/h6-12,22H,1-5H3,(H,21,23)/b20-10-. The first kappa shape index (κ1) is 18.2. The molecule has 4 nitrogen and oxygen atoms in total. The van der Waals surface area contributed by atoms with Crippen molar-refractivity contribution in [2.45, 2.75) is 46.5 Å². The molecule has 128 valence electrons. The van der Waals surface area contributed by atoms with E-state index in [4.69, 9.17) is 0 Å². The molecule has 2 rings (SSSR count). The quantitative estimate of drug-likeness (QED) is 0.606. The van der Waals surface area contributed by atoms with Gasteiger partial charge in [0, 0.05) is 4.88 Å². The van der Waals surface area contributed by atoms with E-state index in [0.717, 1.165) is 21.6 Å². The van der Waals surface area contributed by atoms with E-state index in [1.54, 1.807) is 23.6 Å². The fourth-order valence-corrected chi connectivity index (χ4v) is 3.14. The minimum absolute atomic E-state index is 0.0365. The molecule has 1 heterocycles. The monoisotopic (exact) mass is 344 g/mol. The van der Waals surface area contributed by atoms with Crippen LogP contribution >= 0.6 is 11.3 Å². The number of nitrogens with one attached hydrogen (secondary N) is 1. The van der Waals surface area contributed by atoms with Crippen molar-refractivity contribution >= 4 is 23.5 Å². The number of phenolic OH excluding ortho intramolecular Hbond substituents is 1. The molecule has 1 amide bonds. The topological polar surface area (TPSA) is 61.7 Å². The van der Waals surface area contributed by atoms with Gasteiger partial charge in [-0.05, 0) is 53.0 Å². The summed E-state index contributed by atoms with van der Waals surface area (Å²) in [4.78, 5) is 13.4. The van der Waals surface area contributed by atoms with E-state index >= 15 is 0 Å². The first-order valence-electron chi connectivity index (χ1n) is 8.05. The Morgan fingerprint density at radius 2 is 1.96 bits per heavy atom. The Morgan fingerprint density at radius 1 is 1.25 bits per heavy atom. The molecule has 5 heteroatoms. The number of carbonyl (C=O) groups is 1. The lowest BCUT2D eigenvalue weighted by Gasteiger charge is -2.16. The van der Waals surface area contributed by atoms with E-state index in [1.165, 1.54) is 0 Å². The molecule has 0 spiro atoms. The van der Waals surface area contributed by atoms with Gasteiger partial charge in [-0.25, -0.2) is 5.43 Å². The van der Waals surface area contributed by atoms with Crippen LogP contribution in [0.1, 0.15) is 71.5 Å². The zero-order valence-electron chi connectivity index (χ0n) is 14.8. The second-order valence-electron chi connectivity index (χ2n) is 6.48. The molecule has 0 aliphatic carbocycles. The van der Waals surface area contributed by atoms with Crippen LogP contribution in [0.25, 0.3) is 0 Å². The number of aromatic hydroxyl groups is 1. The van der Waals surface area contributed by atoms with E-state index in [9.17, 15) is 9.90 Å². The first-order valence-corrected chi connectivity index (χ1v) is 8.93. The van der Waals surface area contributed by atoms with Crippen LogP contribution in [0.5, 0.6) is 5.75 Å². The van der Waals surface area contributed by atoms with Gasteiger partial charge in [0.1, 0.15) is 5.75 Å². The average molecular weight is 344 g/mol. The van der Waals surface area contributed by atoms with Crippen LogP contribution in [0.4, 0.5) is 0 Å². The van der Waals surface area contributed by atoms with Crippen molar-refractivity contribution in [2.75, 3.05) is 0 Å². The summed E-state index contributed by atoms with van der Waals surface area (Å²) in [5, 5.41) is 16.4. The summed E-state index contributed by atoms with van der Waals surface area (Å²) in [6.45, 7) is 10.1.